The van der Waals surface area contributed by atoms with E-state index in [9.17, 15) is 19.5 Å². The molecule has 0 saturated heterocycles. The van der Waals surface area contributed by atoms with E-state index >= 15 is 0 Å². The summed E-state index contributed by atoms with van der Waals surface area (Å²) in [7, 11) is 5.98. The van der Waals surface area contributed by atoms with Crippen molar-refractivity contribution >= 4 is 17.9 Å². The second-order valence-electron chi connectivity index (χ2n) is 26.3. The lowest BCUT2D eigenvalue weighted by Crippen LogP contribution is -2.40. The number of nitrogens with zero attached hydrogens (tertiary/aromatic N) is 1. The average molecular weight is 1200 g/mol. The van der Waals surface area contributed by atoms with E-state index in [1.54, 1.807) is 0 Å². The fourth-order valence-corrected chi connectivity index (χ4v) is 10.9. The standard InChI is InChI=1S/C76H141NO8/c1-6-8-10-12-14-16-18-20-22-24-26-28-30-31-32-33-34-35-36-37-38-39-40-41-42-43-45-46-48-50-52-54-56-58-60-62-64-66-73(78)83-70-72(71-84-76(75(80)81)82-69-68-77(3,4)5)85-74(79)67-65-63-61-59-57-55-53-51-49-47-44-29-27-25-23-21-19-17-15-13-11-9-7-2/h19,21,24-27,44,47,72,76H,6-18,20,22-23,28-43,45-46,48-71H2,1-5H3/p+1/b21-19-,26-24-,27-25-,47-44-. The van der Waals surface area contributed by atoms with E-state index in [4.69, 9.17) is 18.9 Å². The molecule has 0 saturated carbocycles. The maximum Gasteiger partial charge on any atom is 0.361 e. The second kappa shape index (κ2) is 67.2. The zero-order valence-corrected chi connectivity index (χ0v) is 57.0. The Morgan fingerprint density at radius 1 is 0.353 bits per heavy atom. The largest absolute Gasteiger partial charge is 0.477 e. The average Bonchev–Trinajstić information content (AvgIpc) is 3.49. The van der Waals surface area contributed by atoms with Crippen LogP contribution in [0.2, 0.25) is 0 Å². The van der Waals surface area contributed by atoms with Gasteiger partial charge in [0, 0.05) is 12.8 Å². The Labute approximate surface area is 527 Å². The quantitative estimate of drug-likeness (QED) is 0.0211. The van der Waals surface area contributed by atoms with Crippen LogP contribution in [0.3, 0.4) is 0 Å². The van der Waals surface area contributed by atoms with Crippen molar-refractivity contribution in [1.82, 2.24) is 0 Å². The third kappa shape index (κ3) is 68.6. The molecule has 9 nitrogen and oxygen atoms in total. The predicted octanol–water partition coefficient (Wildman–Crippen LogP) is 22.9. The number of carboxylic acid groups (broad SMARTS) is 1. The second-order valence-corrected chi connectivity index (χ2v) is 26.3. The van der Waals surface area contributed by atoms with Crippen molar-refractivity contribution in [1.29, 1.82) is 0 Å². The molecule has 0 aliphatic rings. The summed E-state index contributed by atoms with van der Waals surface area (Å²) in [5, 5.41) is 9.75. The molecule has 85 heavy (non-hydrogen) atoms. The molecule has 0 aromatic carbocycles. The lowest BCUT2D eigenvalue weighted by Gasteiger charge is -2.25. The molecule has 0 heterocycles. The van der Waals surface area contributed by atoms with Crippen LogP contribution in [0.4, 0.5) is 0 Å². The third-order valence-corrected chi connectivity index (χ3v) is 16.6. The molecule has 0 bridgehead atoms. The van der Waals surface area contributed by atoms with Gasteiger partial charge >= 0.3 is 17.9 Å². The molecule has 1 N–H and O–H groups in total. The minimum Gasteiger partial charge on any atom is -0.477 e. The van der Waals surface area contributed by atoms with E-state index in [2.05, 4.69) is 62.5 Å². The number of allylic oxidation sites excluding steroid dienone is 8. The molecule has 0 amide bonds. The van der Waals surface area contributed by atoms with Crippen molar-refractivity contribution in [2.45, 2.75) is 373 Å². The van der Waals surface area contributed by atoms with Gasteiger partial charge in [-0.3, -0.25) is 9.59 Å². The van der Waals surface area contributed by atoms with E-state index in [0.717, 1.165) is 57.8 Å². The van der Waals surface area contributed by atoms with Gasteiger partial charge in [0.25, 0.3) is 6.29 Å². The first-order valence-corrected chi connectivity index (χ1v) is 36.8. The number of carbonyl (C=O) groups excluding carboxylic acids is 2. The molecule has 0 rings (SSSR count). The molecule has 0 aromatic rings. The fraction of sp³-hybridized carbons (Fsp3) is 0.855. The van der Waals surface area contributed by atoms with Crippen molar-refractivity contribution in [3.05, 3.63) is 48.6 Å². The normalized spacial score (nSPS) is 12.9. The van der Waals surface area contributed by atoms with Gasteiger partial charge in [0.1, 0.15) is 13.2 Å². The molecule has 0 fully saturated rings. The summed E-state index contributed by atoms with van der Waals surface area (Å²) in [6.45, 7) is 4.91. The number of carbonyl (C=O) groups is 3. The molecule has 0 aliphatic heterocycles. The fourth-order valence-electron chi connectivity index (χ4n) is 10.9. The maximum absolute atomic E-state index is 12.9. The van der Waals surface area contributed by atoms with Crippen molar-refractivity contribution < 1.29 is 42.9 Å². The molecule has 2 atom stereocenters. The van der Waals surface area contributed by atoms with E-state index in [1.807, 2.05) is 21.1 Å². The SMILES string of the molecule is CCCCCCC/C=C\C/C=C\C/C=C\CCCCCCCCCCC(=O)OC(COC(=O)CCCCCCCCCCCCCCCCCCCCCCCCCCC/C=C\CCCCCCCCCC)COC(OCC[N+](C)(C)C)C(=O)O. The Morgan fingerprint density at radius 2 is 0.635 bits per heavy atom. The summed E-state index contributed by atoms with van der Waals surface area (Å²) in [6.07, 6.45) is 83.9. The third-order valence-electron chi connectivity index (χ3n) is 16.6. The minimum absolute atomic E-state index is 0.182. The minimum atomic E-state index is -1.51. The number of aliphatic carboxylic acids is 1. The Morgan fingerprint density at radius 3 is 0.953 bits per heavy atom. The molecule has 9 heteroatoms. The van der Waals surface area contributed by atoms with Crippen LogP contribution >= 0.6 is 0 Å². The summed E-state index contributed by atoms with van der Waals surface area (Å²) in [5.74, 6) is -1.99. The zero-order valence-electron chi connectivity index (χ0n) is 57.0. The van der Waals surface area contributed by atoms with Gasteiger partial charge in [0.05, 0.1) is 34.4 Å². The molecule has 0 aliphatic carbocycles. The number of carboxylic acids is 1. The maximum atomic E-state index is 12.9. The number of hydrogen-bond acceptors (Lipinski definition) is 7. The summed E-state index contributed by atoms with van der Waals surface area (Å²) in [4.78, 5) is 37.6. The van der Waals surface area contributed by atoms with Crippen LogP contribution in [0, 0.1) is 0 Å². The first-order valence-electron chi connectivity index (χ1n) is 36.8. The van der Waals surface area contributed by atoms with Crippen LogP contribution in [0.25, 0.3) is 0 Å². The van der Waals surface area contributed by atoms with Gasteiger partial charge in [-0.25, -0.2) is 4.79 Å². The van der Waals surface area contributed by atoms with Crippen molar-refractivity contribution in [3.63, 3.8) is 0 Å². The highest BCUT2D eigenvalue weighted by Crippen LogP contribution is 2.19. The molecule has 498 valence electrons. The number of likely N-dealkylation sites (N-methyl/N-ethyl adjacent to an activating group) is 1. The van der Waals surface area contributed by atoms with Gasteiger partial charge in [-0.05, 0) is 77.0 Å². The van der Waals surface area contributed by atoms with Gasteiger partial charge in [-0.2, -0.15) is 0 Å². The predicted molar refractivity (Wildman–Crippen MR) is 364 cm³/mol. The Balaban J connectivity index is 4.00. The summed E-state index contributed by atoms with van der Waals surface area (Å²) >= 11 is 0. The lowest BCUT2D eigenvalue weighted by atomic mass is 10.0. The van der Waals surface area contributed by atoms with Gasteiger partial charge in [-0.1, -0.05) is 319 Å². The van der Waals surface area contributed by atoms with Crippen LogP contribution in [0.15, 0.2) is 48.6 Å². The first kappa shape index (κ1) is 82.2. The highest BCUT2D eigenvalue weighted by Gasteiger charge is 2.25. The molecule has 0 spiro atoms. The van der Waals surface area contributed by atoms with Gasteiger partial charge in [-0.15, -0.1) is 0 Å². The van der Waals surface area contributed by atoms with Crippen LogP contribution in [-0.2, 0) is 33.3 Å². The number of ether oxygens (including phenoxy) is 4. The van der Waals surface area contributed by atoms with Crippen LogP contribution in [0.1, 0.15) is 361 Å². The highest BCUT2D eigenvalue weighted by molar-refractivity contribution is 5.71. The highest BCUT2D eigenvalue weighted by atomic mass is 16.7. The van der Waals surface area contributed by atoms with Crippen molar-refractivity contribution in [2.24, 2.45) is 0 Å². The number of rotatable bonds is 69. The zero-order chi connectivity index (χ0) is 61.9. The molecule has 2 unspecified atom stereocenters. The number of quaternary nitrogens is 1. The Kier molecular flexibility index (Phi) is 65.0. The summed E-state index contributed by atoms with van der Waals surface area (Å²) in [5.41, 5.74) is 0. The van der Waals surface area contributed by atoms with E-state index in [1.165, 1.54) is 270 Å². The first-order chi connectivity index (χ1) is 41.6. The van der Waals surface area contributed by atoms with Crippen molar-refractivity contribution in [3.8, 4) is 0 Å². The van der Waals surface area contributed by atoms with E-state index < -0.39 is 24.3 Å². The summed E-state index contributed by atoms with van der Waals surface area (Å²) in [6, 6.07) is 0. The molecule has 0 aromatic heterocycles. The number of esters is 2. The number of hydrogen-bond donors (Lipinski definition) is 1. The molecular weight excluding hydrogens is 1050 g/mol. The van der Waals surface area contributed by atoms with Crippen LogP contribution < -0.4 is 0 Å². The van der Waals surface area contributed by atoms with Crippen molar-refractivity contribution in [2.75, 3.05) is 47.5 Å². The Bertz CT molecular complexity index is 1530. The van der Waals surface area contributed by atoms with Crippen LogP contribution in [0.5, 0.6) is 0 Å². The van der Waals surface area contributed by atoms with E-state index in [0.29, 0.717) is 23.9 Å². The summed E-state index contributed by atoms with van der Waals surface area (Å²) < 4.78 is 23.0. The van der Waals surface area contributed by atoms with Gasteiger partial charge in [0.15, 0.2) is 6.10 Å². The smallest absolute Gasteiger partial charge is 0.361 e. The topological polar surface area (TPSA) is 108 Å². The van der Waals surface area contributed by atoms with Gasteiger partial charge < -0.3 is 28.5 Å². The van der Waals surface area contributed by atoms with Crippen LogP contribution in [-0.4, -0.2) is 87.4 Å². The van der Waals surface area contributed by atoms with E-state index in [-0.39, 0.29) is 32.2 Å². The van der Waals surface area contributed by atoms with Gasteiger partial charge in [0.2, 0.25) is 0 Å². The Hall–Kier alpha value is -2.75. The monoisotopic (exact) mass is 1200 g/mol. The molecule has 0 radical (unpaired) electrons. The molecular formula is C76H142NO8+. The lowest BCUT2D eigenvalue weighted by molar-refractivity contribution is -0.870. The number of unbranched alkanes of at least 4 members (excludes halogenated alkanes) is 46.